The quantitative estimate of drug-likeness (QED) is 0.386. The number of rotatable bonds is 3. The normalized spacial score (nSPS) is 27.6. The summed E-state index contributed by atoms with van der Waals surface area (Å²) in [6.45, 7) is 8.09. The monoisotopic (exact) mass is 509 g/mol. The number of ether oxygens (including phenoxy) is 1. The Morgan fingerprint density at radius 1 is 0.947 bits per heavy atom. The fourth-order valence-electron chi connectivity index (χ4n) is 8.08. The molecule has 4 aliphatic rings. The minimum Gasteiger partial charge on any atom is -0.444 e. The second-order valence-electron chi connectivity index (χ2n) is 13.1. The van der Waals surface area contributed by atoms with Crippen LogP contribution in [-0.2, 0) is 4.74 Å². The first-order chi connectivity index (χ1) is 18.3. The first-order valence-corrected chi connectivity index (χ1v) is 14.6. The highest BCUT2D eigenvalue weighted by atomic mass is 16.6. The minimum atomic E-state index is -0.508. The standard InChI is InChI=1S/C33H39N3O2/c1-19-8-15-25(30-24-14-13-23(16-24)29(19)30)20-9-11-21(12-10-20)26-18-34-31(35-26)28-17-22-6-5-7-27(22)36(28)32(37)38-33(2,3)4/h8-12,15,18,22-24,27-28H,5-7,13-14,16-17H2,1-4H3,(H,34,35)/t22-,23?,24?,27-,28-/m0/s1. The summed E-state index contributed by atoms with van der Waals surface area (Å²) in [4.78, 5) is 23.6. The number of hydrogen-bond acceptors (Lipinski definition) is 3. The molecule has 3 fully saturated rings. The average Bonchev–Trinajstić information content (AvgIpc) is 3.69. The Hall–Kier alpha value is -3.08. The molecule has 2 saturated carbocycles. The molecule has 2 unspecified atom stereocenters. The van der Waals surface area contributed by atoms with Crippen LogP contribution in [0.2, 0.25) is 0 Å². The number of H-pyrrole nitrogens is 1. The van der Waals surface area contributed by atoms with Crippen molar-refractivity contribution in [1.82, 2.24) is 14.9 Å². The third kappa shape index (κ3) is 3.88. The van der Waals surface area contributed by atoms with Crippen LogP contribution in [-0.4, -0.2) is 32.6 Å². The molecule has 5 atom stereocenters. The van der Waals surface area contributed by atoms with E-state index in [-0.39, 0.29) is 18.2 Å². The van der Waals surface area contributed by atoms with E-state index in [1.807, 2.05) is 31.9 Å². The van der Waals surface area contributed by atoms with Gasteiger partial charge in [-0.05, 0) is 117 Å². The number of hydrogen-bond donors (Lipinski definition) is 1. The second-order valence-corrected chi connectivity index (χ2v) is 13.1. The summed E-state index contributed by atoms with van der Waals surface area (Å²) in [5, 5.41) is 0. The van der Waals surface area contributed by atoms with Gasteiger partial charge in [0.25, 0.3) is 0 Å². The van der Waals surface area contributed by atoms with E-state index in [9.17, 15) is 4.79 Å². The van der Waals surface area contributed by atoms with Gasteiger partial charge in [-0.1, -0.05) is 42.8 Å². The molecule has 0 spiro atoms. The third-order valence-corrected chi connectivity index (χ3v) is 9.61. The van der Waals surface area contributed by atoms with E-state index in [4.69, 9.17) is 9.72 Å². The van der Waals surface area contributed by atoms with E-state index >= 15 is 0 Å². The lowest BCUT2D eigenvalue weighted by Crippen LogP contribution is -2.41. The van der Waals surface area contributed by atoms with Crippen LogP contribution in [0.15, 0.2) is 42.6 Å². The number of nitrogens with one attached hydrogen (secondary N) is 1. The molecule has 1 aromatic heterocycles. The van der Waals surface area contributed by atoms with Crippen molar-refractivity contribution in [3.8, 4) is 22.4 Å². The first kappa shape index (κ1) is 24.0. The third-order valence-electron chi connectivity index (χ3n) is 9.61. The zero-order valence-electron chi connectivity index (χ0n) is 23.1. The van der Waals surface area contributed by atoms with E-state index < -0.39 is 5.60 Å². The molecule has 1 aliphatic heterocycles. The predicted molar refractivity (Wildman–Crippen MR) is 150 cm³/mol. The Balaban J connectivity index is 1.15. The number of amides is 1. The summed E-state index contributed by atoms with van der Waals surface area (Å²) in [6.07, 6.45) is 10.1. The molecular formula is C33H39N3O2. The molecule has 5 nitrogen and oxygen atoms in total. The highest BCUT2D eigenvalue weighted by Gasteiger charge is 2.49. The molecule has 3 aromatic rings. The predicted octanol–water partition coefficient (Wildman–Crippen LogP) is 8.27. The lowest BCUT2D eigenvalue weighted by Gasteiger charge is -2.31. The maximum atomic E-state index is 13.2. The summed E-state index contributed by atoms with van der Waals surface area (Å²) in [6, 6.07) is 13.8. The number of imidazole rings is 1. The van der Waals surface area contributed by atoms with Gasteiger partial charge in [-0.25, -0.2) is 9.78 Å². The van der Waals surface area contributed by atoms with Crippen LogP contribution >= 0.6 is 0 Å². The smallest absolute Gasteiger partial charge is 0.411 e. The molecular weight excluding hydrogens is 470 g/mol. The van der Waals surface area contributed by atoms with E-state index in [0.29, 0.717) is 5.92 Å². The summed E-state index contributed by atoms with van der Waals surface area (Å²) in [7, 11) is 0. The fourth-order valence-corrected chi connectivity index (χ4v) is 8.08. The van der Waals surface area contributed by atoms with Crippen molar-refractivity contribution in [1.29, 1.82) is 0 Å². The molecule has 1 amide bonds. The largest absolute Gasteiger partial charge is 0.444 e. The number of carbonyl (C=O) groups is 1. The number of benzene rings is 2. The van der Waals surface area contributed by atoms with Crippen molar-refractivity contribution in [2.45, 2.75) is 102 Å². The Bertz CT molecular complexity index is 1380. The van der Waals surface area contributed by atoms with Crippen molar-refractivity contribution >= 4 is 6.09 Å². The Morgan fingerprint density at radius 2 is 1.68 bits per heavy atom. The van der Waals surface area contributed by atoms with Crippen molar-refractivity contribution in [3.63, 3.8) is 0 Å². The van der Waals surface area contributed by atoms with Crippen molar-refractivity contribution < 1.29 is 9.53 Å². The molecule has 1 saturated heterocycles. The molecule has 1 N–H and O–H groups in total. The average molecular weight is 510 g/mol. The van der Waals surface area contributed by atoms with Crippen LogP contribution in [0, 0.1) is 12.8 Å². The van der Waals surface area contributed by atoms with Gasteiger partial charge in [-0.15, -0.1) is 0 Å². The SMILES string of the molecule is Cc1ccc(-c2ccc(-c3cnc([C@@H]4C[C@@H]5CCC[C@@H]5N4C(=O)OC(C)(C)C)[nH]3)cc2)c2c1C1CCC2C1. The highest BCUT2D eigenvalue weighted by Crippen LogP contribution is 2.56. The number of likely N-dealkylation sites (tertiary alicyclic amines) is 1. The van der Waals surface area contributed by atoms with Gasteiger partial charge in [0.2, 0.25) is 0 Å². The van der Waals surface area contributed by atoms with Crippen LogP contribution in [0.1, 0.15) is 106 Å². The number of aromatic nitrogens is 2. The Kier molecular flexibility index (Phi) is 5.51. The summed E-state index contributed by atoms with van der Waals surface area (Å²) >= 11 is 0. The lowest BCUT2D eigenvalue weighted by atomic mass is 9.83. The van der Waals surface area contributed by atoms with Crippen LogP contribution in [0.25, 0.3) is 22.4 Å². The Labute approximate surface area is 226 Å². The zero-order chi connectivity index (χ0) is 26.2. The zero-order valence-corrected chi connectivity index (χ0v) is 23.1. The van der Waals surface area contributed by atoms with E-state index in [2.05, 4.69) is 48.3 Å². The minimum absolute atomic E-state index is 0.0567. The summed E-state index contributed by atoms with van der Waals surface area (Å²) < 4.78 is 5.83. The van der Waals surface area contributed by atoms with Crippen LogP contribution in [0.5, 0.6) is 0 Å². The first-order valence-electron chi connectivity index (χ1n) is 14.6. The van der Waals surface area contributed by atoms with Gasteiger partial charge < -0.3 is 9.72 Å². The van der Waals surface area contributed by atoms with E-state index in [1.54, 1.807) is 11.1 Å². The molecule has 2 heterocycles. The fraction of sp³-hybridized carbons (Fsp3) is 0.515. The lowest BCUT2D eigenvalue weighted by molar-refractivity contribution is 0.0130. The van der Waals surface area contributed by atoms with Gasteiger partial charge in [0.1, 0.15) is 11.4 Å². The van der Waals surface area contributed by atoms with Crippen LogP contribution in [0.3, 0.4) is 0 Å². The van der Waals surface area contributed by atoms with Gasteiger partial charge in [0, 0.05) is 6.04 Å². The molecule has 5 heteroatoms. The van der Waals surface area contributed by atoms with Gasteiger partial charge in [-0.3, -0.25) is 4.90 Å². The Morgan fingerprint density at radius 3 is 2.45 bits per heavy atom. The van der Waals surface area contributed by atoms with Crippen molar-refractivity contribution in [3.05, 3.63) is 65.1 Å². The molecule has 2 bridgehead atoms. The molecule has 38 heavy (non-hydrogen) atoms. The number of fused-ring (bicyclic) bond motifs is 6. The summed E-state index contributed by atoms with van der Waals surface area (Å²) in [5.41, 5.74) is 9.06. The number of aromatic amines is 1. The van der Waals surface area contributed by atoms with Crippen LogP contribution in [0.4, 0.5) is 4.79 Å². The molecule has 7 rings (SSSR count). The second kappa shape index (κ2) is 8.72. The van der Waals surface area contributed by atoms with Crippen LogP contribution < -0.4 is 0 Å². The number of carbonyl (C=O) groups excluding carboxylic acids is 1. The summed E-state index contributed by atoms with van der Waals surface area (Å²) in [5.74, 6) is 2.91. The maximum absolute atomic E-state index is 13.2. The van der Waals surface area contributed by atoms with Gasteiger partial charge in [0.05, 0.1) is 17.9 Å². The molecule has 3 aliphatic carbocycles. The molecule has 2 aromatic carbocycles. The molecule has 0 radical (unpaired) electrons. The maximum Gasteiger partial charge on any atom is 0.411 e. The topological polar surface area (TPSA) is 58.2 Å². The molecule has 198 valence electrons. The van der Waals surface area contributed by atoms with Crippen molar-refractivity contribution in [2.24, 2.45) is 5.92 Å². The van der Waals surface area contributed by atoms with E-state index in [1.165, 1.54) is 48.8 Å². The highest BCUT2D eigenvalue weighted by molar-refractivity contribution is 5.75. The van der Waals surface area contributed by atoms with Gasteiger partial charge >= 0.3 is 6.09 Å². The van der Waals surface area contributed by atoms with Crippen molar-refractivity contribution in [2.75, 3.05) is 0 Å². The van der Waals surface area contributed by atoms with Gasteiger partial charge in [-0.2, -0.15) is 0 Å². The van der Waals surface area contributed by atoms with E-state index in [0.717, 1.165) is 41.8 Å². The number of aryl methyl sites for hydroxylation is 1. The number of nitrogens with zero attached hydrogens (tertiary/aromatic N) is 2. The van der Waals surface area contributed by atoms with Gasteiger partial charge in [0.15, 0.2) is 0 Å².